The van der Waals surface area contributed by atoms with E-state index in [0.717, 1.165) is 11.3 Å². The van der Waals surface area contributed by atoms with Gasteiger partial charge in [0.2, 0.25) is 5.91 Å². The number of benzene rings is 2. The molecule has 136 valence electrons. The van der Waals surface area contributed by atoms with Crippen molar-refractivity contribution in [1.29, 1.82) is 0 Å². The zero-order valence-electron chi connectivity index (χ0n) is 14.1. The van der Waals surface area contributed by atoms with Gasteiger partial charge in [-0.2, -0.15) is 0 Å². The highest BCUT2D eigenvalue weighted by atomic mass is 32.1. The van der Waals surface area contributed by atoms with Gasteiger partial charge in [0, 0.05) is 10.9 Å². The van der Waals surface area contributed by atoms with Crippen molar-refractivity contribution in [1.82, 2.24) is 9.97 Å². The number of hydrogen-bond donors (Lipinski definition) is 2. The minimum absolute atomic E-state index is 0.168. The number of nitrogens with zero attached hydrogens (tertiary/aromatic N) is 1. The number of carbonyl (C=O) groups excluding carboxylic acids is 1. The molecule has 0 atom stereocenters. The molecule has 4 rings (SSSR count). The summed E-state index contributed by atoms with van der Waals surface area (Å²) in [4.78, 5) is 30.3. The van der Waals surface area contributed by atoms with Gasteiger partial charge >= 0.3 is 5.76 Å². The first kappa shape index (κ1) is 17.0. The number of nitrogens with one attached hydrogen (secondary N) is 2. The van der Waals surface area contributed by atoms with Gasteiger partial charge in [-0.3, -0.25) is 9.78 Å². The molecule has 4 aromatic rings. The Labute approximate surface area is 157 Å². The third-order valence-electron chi connectivity index (χ3n) is 3.81. The number of rotatable bonds is 6. The summed E-state index contributed by atoms with van der Waals surface area (Å²) in [6.45, 7) is 0.289. The molecule has 2 aromatic heterocycles. The molecule has 2 aromatic carbocycles. The van der Waals surface area contributed by atoms with Crippen molar-refractivity contribution in [2.45, 2.75) is 6.42 Å². The second-order valence-electron chi connectivity index (χ2n) is 5.72. The fourth-order valence-electron chi connectivity index (χ4n) is 2.53. The van der Waals surface area contributed by atoms with Gasteiger partial charge in [0.15, 0.2) is 10.7 Å². The lowest BCUT2D eigenvalue weighted by atomic mass is 10.1. The Morgan fingerprint density at radius 2 is 2.07 bits per heavy atom. The molecule has 1 amide bonds. The topological polar surface area (TPSA) is 97.2 Å². The molecule has 2 heterocycles. The minimum Gasteiger partial charge on any atom is -0.493 e. The van der Waals surface area contributed by atoms with Gasteiger partial charge < -0.3 is 14.5 Å². The molecule has 0 bridgehead atoms. The number of oxazole rings is 1. The molecule has 0 unspecified atom stereocenters. The van der Waals surface area contributed by atoms with Crippen LogP contribution in [0.4, 0.5) is 5.13 Å². The largest absolute Gasteiger partial charge is 0.493 e. The average Bonchev–Trinajstić information content (AvgIpc) is 3.27. The molecule has 0 saturated heterocycles. The maximum absolute atomic E-state index is 12.0. The van der Waals surface area contributed by atoms with Crippen LogP contribution >= 0.6 is 11.3 Å². The highest BCUT2D eigenvalue weighted by Gasteiger charge is 2.10. The molecule has 0 saturated carbocycles. The van der Waals surface area contributed by atoms with Crippen LogP contribution in [0.5, 0.6) is 5.75 Å². The standard InChI is InChI=1S/C19H15N3O4S/c23-17(8-9-25-13-4-2-1-3-5-13)22-18-20-15(11-27-18)12-6-7-14-16(10-12)26-19(24)21-14/h1-7,10-11H,8-9H2,(H,21,24)(H,20,22,23). The number of fused-ring (bicyclic) bond motifs is 1. The predicted molar refractivity (Wildman–Crippen MR) is 103 cm³/mol. The number of ether oxygens (including phenoxy) is 1. The minimum atomic E-state index is -0.494. The Kier molecular flexibility index (Phi) is 4.71. The normalized spacial score (nSPS) is 10.8. The molecular formula is C19H15N3O4S. The number of H-pyrrole nitrogens is 1. The van der Waals surface area contributed by atoms with Gasteiger partial charge in [-0.25, -0.2) is 9.78 Å². The van der Waals surface area contributed by atoms with E-state index in [1.807, 2.05) is 41.8 Å². The fraction of sp³-hybridized carbons (Fsp3) is 0.105. The Morgan fingerprint density at radius 1 is 1.22 bits per heavy atom. The van der Waals surface area contributed by atoms with Gasteiger partial charge in [0.25, 0.3) is 0 Å². The molecule has 8 heteroatoms. The molecule has 7 nitrogen and oxygen atoms in total. The number of carbonyl (C=O) groups is 1. The third-order valence-corrected chi connectivity index (χ3v) is 4.57. The van der Waals surface area contributed by atoms with Crippen molar-refractivity contribution in [3.05, 3.63) is 64.5 Å². The van der Waals surface area contributed by atoms with E-state index in [0.29, 0.717) is 21.9 Å². The van der Waals surface area contributed by atoms with Crippen molar-refractivity contribution in [2.75, 3.05) is 11.9 Å². The number of amides is 1. The van der Waals surface area contributed by atoms with Crippen LogP contribution in [-0.2, 0) is 4.79 Å². The highest BCUT2D eigenvalue weighted by molar-refractivity contribution is 7.14. The summed E-state index contributed by atoms with van der Waals surface area (Å²) in [5, 5.41) is 5.11. The van der Waals surface area contributed by atoms with Crippen molar-refractivity contribution in [3.8, 4) is 17.0 Å². The van der Waals surface area contributed by atoms with Crippen LogP contribution in [0, 0.1) is 0 Å². The van der Waals surface area contributed by atoms with E-state index in [1.165, 1.54) is 11.3 Å². The van der Waals surface area contributed by atoms with Crippen LogP contribution in [0.25, 0.3) is 22.4 Å². The van der Waals surface area contributed by atoms with Gasteiger partial charge in [0.05, 0.1) is 24.2 Å². The number of thiazole rings is 1. The Balaban J connectivity index is 1.36. The van der Waals surface area contributed by atoms with Crippen LogP contribution in [0.3, 0.4) is 0 Å². The molecule has 0 radical (unpaired) electrons. The van der Waals surface area contributed by atoms with E-state index in [1.54, 1.807) is 12.1 Å². The zero-order chi connectivity index (χ0) is 18.6. The van der Waals surface area contributed by atoms with E-state index in [4.69, 9.17) is 9.15 Å². The second kappa shape index (κ2) is 7.46. The smallest absolute Gasteiger partial charge is 0.417 e. The number of anilines is 1. The van der Waals surface area contributed by atoms with Gasteiger partial charge in [0.1, 0.15) is 5.75 Å². The van der Waals surface area contributed by atoms with Gasteiger partial charge in [-0.15, -0.1) is 11.3 Å². The molecule has 0 fully saturated rings. The summed E-state index contributed by atoms with van der Waals surface area (Å²) in [6.07, 6.45) is 0.226. The first-order chi connectivity index (χ1) is 13.2. The predicted octanol–water partition coefficient (Wildman–Crippen LogP) is 3.65. The third kappa shape index (κ3) is 4.06. The molecule has 0 spiro atoms. The summed E-state index contributed by atoms with van der Waals surface area (Å²) < 4.78 is 10.6. The molecule has 27 heavy (non-hydrogen) atoms. The Hall–Kier alpha value is -3.39. The number of aromatic nitrogens is 2. The van der Waals surface area contributed by atoms with E-state index >= 15 is 0 Å². The quantitative estimate of drug-likeness (QED) is 0.531. The van der Waals surface area contributed by atoms with E-state index in [2.05, 4.69) is 15.3 Å². The van der Waals surface area contributed by atoms with Crippen LogP contribution in [0.15, 0.2) is 63.1 Å². The van der Waals surface area contributed by atoms with Crippen molar-refractivity contribution in [3.63, 3.8) is 0 Å². The van der Waals surface area contributed by atoms with Gasteiger partial charge in [-0.05, 0) is 24.3 Å². The SMILES string of the molecule is O=C(CCOc1ccccc1)Nc1nc(-c2ccc3[nH]c(=O)oc3c2)cs1. The van der Waals surface area contributed by atoms with Gasteiger partial charge in [-0.1, -0.05) is 24.3 Å². The average molecular weight is 381 g/mol. The molecular weight excluding hydrogens is 366 g/mol. The summed E-state index contributed by atoms with van der Waals surface area (Å²) in [5.74, 6) is 0.0682. The zero-order valence-corrected chi connectivity index (χ0v) is 14.9. The molecule has 0 aliphatic rings. The molecule has 0 aliphatic carbocycles. The summed E-state index contributed by atoms with van der Waals surface area (Å²) in [7, 11) is 0. The van der Waals surface area contributed by atoms with Crippen LogP contribution in [-0.4, -0.2) is 22.5 Å². The van der Waals surface area contributed by atoms with Crippen molar-refractivity contribution in [2.24, 2.45) is 0 Å². The van der Waals surface area contributed by atoms with Crippen molar-refractivity contribution < 1.29 is 13.9 Å². The summed E-state index contributed by atoms with van der Waals surface area (Å²) in [5.41, 5.74) is 2.59. The first-order valence-electron chi connectivity index (χ1n) is 8.24. The van der Waals surface area contributed by atoms with Crippen molar-refractivity contribution >= 4 is 33.5 Å². The van der Waals surface area contributed by atoms with E-state index in [9.17, 15) is 9.59 Å². The number of para-hydroxylation sites is 1. The maximum Gasteiger partial charge on any atom is 0.417 e. The van der Waals surface area contributed by atoms with Crippen LogP contribution in [0.2, 0.25) is 0 Å². The number of hydrogen-bond acceptors (Lipinski definition) is 6. The first-order valence-corrected chi connectivity index (χ1v) is 9.12. The second-order valence-corrected chi connectivity index (χ2v) is 6.58. The highest BCUT2D eigenvalue weighted by Crippen LogP contribution is 2.27. The monoisotopic (exact) mass is 381 g/mol. The number of aromatic amines is 1. The van der Waals surface area contributed by atoms with Crippen LogP contribution in [0.1, 0.15) is 6.42 Å². The molecule has 2 N–H and O–H groups in total. The lowest BCUT2D eigenvalue weighted by Gasteiger charge is -2.05. The van der Waals surface area contributed by atoms with E-state index < -0.39 is 5.76 Å². The van der Waals surface area contributed by atoms with E-state index in [-0.39, 0.29) is 18.9 Å². The summed E-state index contributed by atoms with van der Waals surface area (Å²) >= 11 is 1.33. The Bertz CT molecular complexity index is 1130. The lowest BCUT2D eigenvalue weighted by molar-refractivity contribution is -0.116. The molecule has 0 aliphatic heterocycles. The lowest BCUT2D eigenvalue weighted by Crippen LogP contribution is -2.15. The Morgan fingerprint density at radius 3 is 2.93 bits per heavy atom. The summed E-state index contributed by atoms with van der Waals surface area (Å²) in [6, 6.07) is 14.7. The van der Waals surface area contributed by atoms with Crippen LogP contribution < -0.4 is 15.8 Å². The fourth-order valence-corrected chi connectivity index (χ4v) is 3.26. The maximum atomic E-state index is 12.0.